The SMILES string of the molecule is C/C(=N/C(=O)OCc1ccc([N+](=O)[O-])cc1)N1CC[C@@H](O)C1. The first kappa shape index (κ1) is 15.9. The van der Waals surface area contributed by atoms with Gasteiger partial charge in [0.05, 0.1) is 11.0 Å². The number of carbonyl (C=O) groups is 1. The summed E-state index contributed by atoms with van der Waals surface area (Å²) in [6.45, 7) is 2.80. The van der Waals surface area contributed by atoms with Crippen molar-refractivity contribution >= 4 is 17.6 Å². The number of likely N-dealkylation sites (tertiary alicyclic amines) is 1. The van der Waals surface area contributed by atoms with Gasteiger partial charge < -0.3 is 14.7 Å². The second kappa shape index (κ2) is 6.99. The van der Waals surface area contributed by atoms with E-state index in [1.807, 2.05) is 4.90 Å². The molecule has 1 heterocycles. The molecule has 1 saturated heterocycles. The minimum Gasteiger partial charge on any atom is -0.443 e. The molecule has 0 spiro atoms. The molecule has 1 atom stereocenters. The minimum absolute atomic E-state index is 0.00374. The lowest BCUT2D eigenvalue weighted by Crippen LogP contribution is -2.28. The molecule has 1 aromatic rings. The van der Waals surface area contributed by atoms with Gasteiger partial charge in [0.25, 0.3) is 5.69 Å². The van der Waals surface area contributed by atoms with Gasteiger partial charge in [-0.2, -0.15) is 4.99 Å². The van der Waals surface area contributed by atoms with Crippen molar-refractivity contribution < 1.29 is 19.6 Å². The Balaban J connectivity index is 1.85. The standard InChI is InChI=1S/C14H17N3O5/c1-10(16-7-6-13(18)8-16)15-14(19)22-9-11-2-4-12(5-3-11)17(20)21/h2-5,13,18H,6-9H2,1H3/b15-10-/t13-/m1/s1. The largest absolute Gasteiger partial charge is 0.443 e. The van der Waals surface area contributed by atoms with Crippen molar-refractivity contribution in [1.29, 1.82) is 0 Å². The van der Waals surface area contributed by atoms with Crippen LogP contribution in [0.4, 0.5) is 10.5 Å². The summed E-state index contributed by atoms with van der Waals surface area (Å²) in [7, 11) is 0. The monoisotopic (exact) mass is 307 g/mol. The molecule has 0 aliphatic carbocycles. The summed E-state index contributed by atoms with van der Waals surface area (Å²) in [5.74, 6) is 0.505. The molecule has 22 heavy (non-hydrogen) atoms. The third-order valence-corrected chi connectivity index (χ3v) is 3.38. The molecule has 1 fully saturated rings. The molecule has 1 amide bonds. The molecule has 8 nitrogen and oxygen atoms in total. The first-order valence-corrected chi connectivity index (χ1v) is 6.84. The van der Waals surface area contributed by atoms with Crippen LogP contribution >= 0.6 is 0 Å². The quantitative estimate of drug-likeness (QED) is 0.394. The second-order valence-electron chi connectivity index (χ2n) is 5.03. The number of amidine groups is 1. The van der Waals surface area contributed by atoms with Gasteiger partial charge in [-0.1, -0.05) is 0 Å². The zero-order valence-corrected chi connectivity index (χ0v) is 12.1. The third-order valence-electron chi connectivity index (χ3n) is 3.38. The number of amides is 1. The number of benzene rings is 1. The van der Waals surface area contributed by atoms with Gasteiger partial charge in [0.2, 0.25) is 0 Å². The van der Waals surface area contributed by atoms with E-state index in [4.69, 9.17) is 4.74 Å². The number of rotatable bonds is 3. The molecule has 0 bridgehead atoms. The van der Waals surface area contributed by atoms with Crippen molar-refractivity contribution in [3.63, 3.8) is 0 Å². The van der Waals surface area contributed by atoms with Crippen LogP contribution in [0.25, 0.3) is 0 Å². The molecule has 1 aliphatic rings. The van der Waals surface area contributed by atoms with E-state index in [9.17, 15) is 20.0 Å². The van der Waals surface area contributed by atoms with Crippen LogP contribution in [-0.2, 0) is 11.3 Å². The lowest BCUT2D eigenvalue weighted by molar-refractivity contribution is -0.384. The molecule has 0 saturated carbocycles. The van der Waals surface area contributed by atoms with E-state index >= 15 is 0 Å². The summed E-state index contributed by atoms with van der Waals surface area (Å²) in [5, 5.41) is 20.0. The number of hydrogen-bond acceptors (Lipinski definition) is 5. The Bertz CT molecular complexity index is 585. The zero-order valence-electron chi connectivity index (χ0n) is 12.1. The van der Waals surface area contributed by atoms with E-state index in [1.54, 1.807) is 6.92 Å². The van der Waals surface area contributed by atoms with Crippen LogP contribution in [0.5, 0.6) is 0 Å². The van der Waals surface area contributed by atoms with Crippen molar-refractivity contribution in [1.82, 2.24) is 4.90 Å². The highest BCUT2D eigenvalue weighted by atomic mass is 16.6. The third kappa shape index (κ3) is 4.26. The lowest BCUT2D eigenvalue weighted by Gasteiger charge is -2.16. The maximum atomic E-state index is 11.6. The van der Waals surface area contributed by atoms with Gasteiger partial charge >= 0.3 is 6.09 Å². The van der Waals surface area contributed by atoms with E-state index in [2.05, 4.69) is 4.99 Å². The molecule has 0 unspecified atom stereocenters. The van der Waals surface area contributed by atoms with E-state index in [-0.39, 0.29) is 18.4 Å². The number of aliphatic hydroxyl groups excluding tert-OH is 1. The molecule has 1 aliphatic heterocycles. The van der Waals surface area contributed by atoms with Crippen molar-refractivity contribution in [3.05, 3.63) is 39.9 Å². The molecule has 1 N–H and O–H groups in total. The summed E-state index contributed by atoms with van der Waals surface area (Å²) < 4.78 is 5.00. The summed E-state index contributed by atoms with van der Waals surface area (Å²) >= 11 is 0. The highest BCUT2D eigenvalue weighted by molar-refractivity contribution is 5.90. The predicted molar refractivity (Wildman–Crippen MR) is 78.6 cm³/mol. The van der Waals surface area contributed by atoms with Crippen molar-refractivity contribution in [3.8, 4) is 0 Å². The summed E-state index contributed by atoms with van der Waals surface area (Å²) in [6.07, 6.45) is -0.455. The van der Waals surface area contributed by atoms with Crippen LogP contribution in [0, 0.1) is 10.1 Å². The number of carbonyl (C=O) groups excluding carboxylic acids is 1. The topological polar surface area (TPSA) is 105 Å². The predicted octanol–water partition coefficient (Wildman–Crippen LogP) is 1.72. The van der Waals surface area contributed by atoms with Gasteiger partial charge in [0.15, 0.2) is 0 Å². The van der Waals surface area contributed by atoms with E-state index in [0.29, 0.717) is 30.9 Å². The van der Waals surface area contributed by atoms with Crippen LogP contribution in [0.2, 0.25) is 0 Å². The molecule has 0 aromatic heterocycles. The van der Waals surface area contributed by atoms with E-state index in [1.165, 1.54) is 24.3 Å². The Morgan fingerprint density at radius 2 is 2.18 bits per heavy atom. The molecule has 2 rings (SSSR count). The summed E-state index contributed by atoms with van der Waals surface area (Å²) in [6, 6.07) is 5.75. The van der Waals surface area contributed by atoms with Gasteiger partial charge in [0.1, 0.15) is 12.4 Å². The summed E-state index contributed by atoms with van der Waals surface area (Å²) in [5.41, 5.74) is 0.625. The number of non-ortho nitro benzene ring substituents is 1. The molecule has 8 heteroatoms. The van der Waals surface area contributed by atoms with Crippen LogP contribution in [-0.4, -0.2) is 46.1 Å². The Morgan fingerprint density at radius 1 is 1.50 bits per heavy atom. The average molecular weight is 307 g/mol. The Kier molecular flexibility index (Phi) is 5.05. The maximum Gasteiger partial charge on any atom is 0.435 e. The van der Waals surface area contributed by atoms with Gasteiger partial charge in [-0.25, -0.2) is 4.79 Å². The molecule has 1 aromatic carbocycles. The van der Waals surface area contributed by atoms with Crippen LogP contribution < -0.4 is 0 Å². The average Bonchev–Trinajstić information content (AvgIpc) is 2.92. The molecular weight excluding hydrogens is 290 g/mol. The Morgan fingerprint density at radius 3 is 2.73 bits per heavy atom. The van der Waals surface area contributed by atoms with Crippen molar-refractivity contribution in [2.45, 2.75) is 26.1 Å². The normalized spacial score (nSPS) is 18.4. The van der Waals surface area contributed by atoms with Crippen molar-refractivity contribution in [2.75, 3.05) is 13.1 Å². The van der Waals surface area contributed by atoms with Crippen molar-refractivity contribution in [2.24, 2.45) is 4.99 Å². The summed E-state index contributed by atoms with van der Waals surface area (Å²) in [4.78, 5) is 27.3. The smallest absolute Gasteiger partial charge is 0.435 e. The van der Waals surface area contributed by atoms with E-state index in [0.717, 1.165) is 0 Å². The highest BCUT2D eigenvalue weighted by Crippen LogP contribution is 2.13. The molecule has 0 radical (unpaired) electrons. The fraction of sp³-hybridized carbons (Fsp3) is 0.429. The molecule has 118 valence electrons. The number of nitro benzene ring substituents is 1. The number of aliphatic imine (C=N–C) groups is 1. The number of β-amino-alcohol motifs (C(OH)–C–C–N with tert-alkyl or cyclic N) is 1. The first-order valence-electron chi connectivity index (χ1n) is 6.84. The number of hydrogen-bond donors (Lipinski definition) is 1. The van der Waals surface area contributed by atoms with Crippen LogP contribution in [0.3, 0.4) is 0 Å². The van der Waals surface area contributed by atoms with Gasteiger partial charge in [-0.15, -0.1) is 0 Å². The molecular formula is C14H17N3O5. The lowest BCUT2D eigenvalue weighted by atomic mass is 10.2. The van der Waals surface area contributed by atoms with Gasteiger partial charge in [-0.3, -0.25) is 10.1 Å². The zero-order chi connectivity index (χ0) is 16.1. The second-order valence-corrected chi connectivity index (χ2v) is 5.03. The Hall–Kier alpha value is -2.48. The first-order chi connectivity index (χ1) is 10.5. The fourth-order valence-corrected chi connectivity index (χ4v) is 2.13. The highest BCUT2D eigenvalue weighted by Gasteiger charge is 2.21. The van der Waals surface area contributed by atoms with Gasteiger partial charge in [0, 0.05) is 25.2 Å². The van der Waals surface area contributed by atoms with Gasteiger partial charge in [-0.05, 0) is 31.0 Å². The fourth-order valence-electron chi connectivity index (χ4n) is 2.13. The maximum absolute atomic E-state index is 11.6. The van der Waals surface area contributed by atoms with E-state index < -0.39 is 11.0 Å². The number of nitrogens with zero attached hydrogens (tertiary/aromatic N) is 3. The van der Waals surface area contributed by atoms with Crippen LogP contribution in [0.15, 0.2) is 29.3 Å². The number of ether oxygens (including phenoxy) is 1. The van der Waals surface area contributed by atoms with Crippen LogP contribution in [0.1, 0.15) is 18.9 Å². The number of nitro groups is 1. The Labute approximate surface area is 127 Å². The number of aliphatic hydroxyl groups is 1. The minimum atomic E-state index is -0.725.